The molecule has 0 N–H and O–H groups in total. The minimum Gasteiger partial charge on any atom is -0.491 e. The van der Waals surface area contributed by atoms with Crippen molar-refractivity contribution in [1.82, 2.24) is 4.98 Å². The van der Waals surface area contributed by atoms with E-state index in [-0.39, 0.29) is 11.6 Å². The molecule has 2 heterocycles. The van der Waals surface area contributed by atoms with Gasteiger partial charge in [0.2, 0.25) is 0 Å². The van der Waals surface area contributed by atoms with Crippen LogP contribution in [-0.2, 0) is 0 Å². The topological polar surface area (TPSA) is 65.5 Å². The predicted octanol–water partition coefficient (Wildman–Crippen LogP) is 7.85. The van der Waals surface area contributed by atoms with Gasteiger partial charge in [-0.1, -0.05) is 51.3 Å². The summed E-state index contributed by atoms with van der Waals surface area (Å²) in [5, 5.41) is 3.57. The number of Topliss-reactive ketones (excluding diaryl/α,β-unsaturated/α-hetero) is 2. The van der Waals surface area contributed by atoms with Crippen molar-refractivity contribution >= 4 is 33.8 Å². The Morgan fingerprint density at radius 3 is 2.61 bits per heavy atom. The molecule has 1 aliphatic rings. The molecular formula is C30H29NO4S. The number of hydrogen-bond acceptors (Lipinski definition) is 6. The number of ether oxygens (including phenoxy) is 2. The summed E-state index contributed by atoms with van der Waals surface area (Å²) in [6.07, 6.45) is 4.55. The van der Waals surface area contributed by atoms with Crippen molar-refractivity contribution in [3.63, 3.8) is 0 Å². The monoisotopic (exact) mass is 499 g/mol. The second-order valence-corrected chi connectivity index (χ2v) is 10.1. The molecule has 0 saturated heterocycles. The summed E-state index contributed by atoms with van der Waals surface area (Å²) in [5.41, 5.74) is 1.92. The SMILES string of the molecule is CCCCC(CC)COc1cccc2ccc(C3C(=O)c4ccc(Oc5cccs5)cc4C3=O)nc12. The third kappa shape index (κ3) is 4.78. The molecule has 2 unspecified atom stereocenters. The van der Waals surface area contributed by atoms with Crippen LogP contribution >= 0.6 is 11.3 Å². The second-order valence-electron chi connectivity index (χ2n) is 9.19. The summed E-state index contributed by atoms with van der Waals surface area (Å²) < 4.78 is 12.1. The highest BCUT2D eigenvalue weighted by Gasteiger charge is 2.41. The molecular weight excluding hydrogens is 470 g/mol. The number of carbonyl (C=O) groups is 2. The lowest BCUT2D eigenvalue weighted by Gasteiger charge is -2.17. The first-order valence-electron chi connectivity index (χ1n) is 12.5. The van der Waals surface area contributed by atoms with E-state index in [9.17, 15) is 9.59 Å². The lowest BCUT2D eigenvalue weighted by molar-refractivity contribution is 0.0888. The number of benzene rings is 2. The molecule has 1 aliphatic carbocycles. The minimum atomic E-state index is -0.956. The summed E-state index contributed by atoms with van der Waals surface area (Å²) >= 11 is 1.47. The average molecular weight is 500 g/mol. The van der Waals surface area contributed by atoms with Gasteiger partial charge in [0, 0.05) is 16.5 Å². The highest BCUT2D eigenvalue weighted by molar-refractivity contribution is 7.11. The molecule has 0 spiro atoms. The van der Waals surface area contributed by atoms with Gasteiger partial charge in [0.1, 0.15) is 22.9 Å². The quantitative estimate of drug-likeness (QED) is 0.208. The number of fused-ring (bicyclic) bond motifs is 2. The molecule has 0 aliphatic heterocycles. The van der Waals surface area contributed by atoms with Gasteiger partial charge in [-0.05, 0) is 60.2 Å². The second kappa shape index (κ2) is 10.6. The van der Waals surface area contributed by atoms with Crippen molar-refractivity contribution in [3.8, 4) is 16.6 Å². The lowest BCUT2D eigenvalue weighted by atomic mass is 9.98. The Morgan fingerprint density at radius 1 is 0.972 bits per heavy atom. The van der Waals surface area contributed by atoms with Crippen LogP contribution in [0.15, 0.2) is 66.0 Å². The predicted molar refractivity (Wildman–Crippen MR) is 143 cm³/mol. The van der Waals surface area contributed by atoms with Crippen molar-refractivity contribution in [2.24, 2.45) is 5.92 Å². The van der Waals surface area contributed by atoms with Crippen molar-refractivity contribution in [2.45, 2.75) is 45.4 Å². The summed E-state index contributed by atoms with van der Waals surface area (Å²) in [5.74, 6) is 0.278. The Bertz CT molecular complexity index is 1400. The van der Waals surface area contributed by atoms with E-state index in [1.54, 1.807) is 24.3 Å². The maximum atomic E-state index is 13.4. The maximum absolute atomic E-state index is 13.4. The normalized spacial score (nSPS) is 15.8. The van der Waals surface area contributed by atoms with Gasteiger partial charge in [-0.25, -0.2) is 4.98 Å². The highest BCUT2D eigenvalue weighted by atomic mass is 32.1. The molecule has 4 aromatic rings. The van der Waals surface area contributed by atoms with Gasteiger partial charge in [-0.3, -0.25) is 9.59 Å². The van der Waals surface area contributed by atoms with Crippen LogP contribution < -0.4 is 9.47 Å². The molecule has 6 heteroatoms. The van der Waals surface area contributed by atoms with Gasteiger partial charge < -0.3 is 9.47 Å². The molecule has 0 amide bonds. The van der Waals surface area contributed by atoms with Crippen molar-refractivity contribution in [3.05, 3.63) is 82.9 Å². The molecule has 0 radical (unpaired) electrons. The fourth-order valence-corrected chi connectivity index (χ4v) is 5.25. The third-order valence-corrected chi connectivity index (χ3v) is 7.52. The van der Waals surface area contributed by atoms with E-state index >= 15 is 0 Å². The first-order chi connectivity index (χ1) is 17.6. The van der Waals surface area contributed by atoms with Gasteiger partial charge >= 0.3 is 0 Å². The lowest BCUT2D eigenvalue weighted by Crippen LogP contribution is -2.15. The molecule has 0 bridgehead atoms. The van der Waals surface area contributed by atoms with Crippen LogP contribution in [0.5, 0.6) is 16.6 Å². The summed E-state index contributed by atoms with van der Waals surface area (Å²) in [7, 11) is 0. The number of unbranched alkanes of at least 4 members (excludes halogenated alkanes) is 1. The average Bonchev–Trinajstić information content (AvgIpc) is 3.50. The number of aromatic nitrogens is 1. The van der Waals surface area contributed by atoms with E-state index in [0.717, 1.165) is 23.3 Å². The summed E-state index contributed by atoms with van der Waals surface area (Å²) in [4.78, 5) is 31.5. The zero-order chi connectivity index (χ0) is 25.1. The molecule has 5 rings (SSSR count). The fraction of sp³-hybridized carbons (Fsp3) is 0.300. The van der Waals surface area contributed by atoms with Gasteiger partial charge in [0.05, 0.1) is 12.3 Å². The molecule has 36 heavy (non-hydrogen) atoms. The molecule has 2 aromatic heterocycles. The molecule has 0 saturated carbocycles. The number of carbonyl (C=O) groups excluding carboxylic acids is 2. The first kappa shape index (κ1) is 24.2. The van der Waals surface area contributed by atoms with Gasteiger partial charge in [-0.2, -0.15) is 0 Å². The fourth-order valence-electron chi connectivity index (χ4n) is 4.66. The zero-order valence-corrected chi connectivity index (χ0v) is 21.3. The van der Waals surface area contributed by atoms with Gasteiger partial charge in [0.15, 0.2) is 16.6 Å². The third-order valence-electron chi connectivity index (χ3n) is 6.78. The van der Waals surface area contributed by atoms with E-state index in [0.29, 0.717) is 46.4 Å². The van der Waals surface area contributed by atoms with Crippen LogP contribution in [0, 0.1) is 5.92 Å². The zero-order valence-electron chi connectivity index (χ0n) is 20.5. The number of para-hydroxylation sites is 1. The number of hydrogen-bond donors (Lipinski definition) is 0. The van der Waals surface area contributed by atoms with E-state index in [1.807, 2.05) is 41.8 Å². The first-order valence-corrected chi connectivity index (χ1v) is 13.4. The Morgan fingerprint density at radius 2 is 1.83 bits per heavy atom. The molecule has 5 nitrogen and oxygen atoms in total. The molecule has 2 aromatic carbocycles. The Hall–Kier alpha value is -3.51. The minimum absolute atomic E-state index is 0.228. The van der Waals surface area contributed by atoms with Gasteiger partial charge in [-0.15, -0.1) is 11.3 Å². The highest BCUT2D eigenvalue weighted by Crippen LogP contribution is 2.38. The van der Waals surface area contributed by atoms with Crippen molar-refractivity contribution in [2.75, 3.05) is 6.61 Å². The smallest absolute Gasteiger partial charge is 0.180 e. The van der Waals surface area contributed by atoms with Crippen molar-refractivity contribution in [1.29, 1.82) is 0 Å². The van der Waals surface area contributed by atoms with Crippen LogP contribution in [0.25, 0.3) is 10.9 Å². The van der Waals surface area contributed by atoms with Crippen LogP contribution in [0.2, 0.25) is 0 Å². The Labute approximate surface area is 215 Å². The van der Waals surface area contributed by atoms with E-state index < -0.39 is 5.92 Å². The number of rotatable bonds is 10. The summed E-state index contributed by atoms with van der Waals surface area (Å²) in [6.45, 7) is 5.02. The number of ketones is 2. The van der Waals surface area contributed by atoms with E-state index in [4.69, 9.17) is 14.5 Å². The van der Waals surface area contributed by atoms with Crippen molar-refractivity contribution < 1.29 is 19.1 Å². The Kier molecular flexibility index (Phi) is 7.14. The number of nitrogens with zero attached hydrogens (tertiary/aromatic N) is 1. The number of pyridine rings is 1. The Balaban J connectivity index is 1.41. The van der Waals surface area contributed by atoms with Crippen LogP contribution in [-0.4, -0.2) is 23.2 Å². The molecule has 2 atom stereocenters. The van der Waals surface area contributed by atoms with Gasteiger partial charge in [0.25, 0.3) is 0 Å². The van der Waals surface area contributed by atoms with Crippen LogP contribution in [0.1, 0.15) is 71.9 Å². The molecule has 0 fully saturated rings. The van der Waals surface area contributed by atoms with Crippen LogP contribution in [0.3, 0.4) is 0 Å². The standard InChI is InChI=1S/C30H29NO4S/c1-3-5-8-19(4-2)18-34-25-10-6-9-20-12-15-24(31-28(20)25)27-29(32)22-14-13-21(17-23(22)30(27)33)35-26-11-7-16-36-26/h6-7,9-17,19,27H,3-5,8,18H2,1-2H3. The van der Waals surface area contributed by atoms with E-state index in [1.165, 1.54) is 24.2 Å². The molecule has 184 valence electrons. The van der Waals surface area contributed by atoms with E-state index in [2.05, 4.69) is 13.8 Å². The summed E-state index contributed by atoms with van der Waals surface area (Å²) in [6, 6.07) is 18.3. The largest absolute Gasteiger partial charge is 0.491 e. The maximum Gasteiger partial charge on any atom is 0.180 e. The van der Waals surface area contributed by atoms with Crippen LogP contribution in [0.4, 0.5) is 0 Å². The number of thiophene rings is 1.